The van der Waals surface area contributed by atoms with Crippen molar-refractivity contribution in [2.45, 2.75) is 134 Å². The van der Waals surface area contributed by atoms with E-state index in [0.717, 1.165) is 37.7 Å². The molecule has 0 radical (unpaired) electrons. The number of urea groups is 1. The Bertz CT molecular complexity index is 1920. The van der Waals surface area contributed by atoms with Gasteiger partial charge in [-0.3, -0.25) is 43.3 Å². The Balaban J connectivity index is 0.00000119. The van der Waals surface area contributed by atoms with Crippen LogP contribution in [0.25, 0.3) is 0 Å². The number of imide groups is 1. The number of piperidine rings is 1. The molecular formula is C48H73N5O15S. The fourth-order valence-corrected chi connectivity index (χ4v) is 9.29. The van der Waals surface area contributed by atoms with E-state index in [1.807, 2.05) is 12.1 Å². The molecule has 20 nitrogen and oxygen atoms in total. The molecule has 1 aromatic rings. The number of thioether (sulfide) groups is 1. The molecule has 21 heteroatoms. The summed E-state index contributed by atoms with van der Waals surface area (Å²) in [5, 5.41) is 21.2. The number of hydrogen-bond acceptors (Lipinski definition) is 15. The predicted octanol–water partition coefficient (Wildman–Crippen LogP) is 3.49. The molecule has 0 saturated carbocycles. The average Bonchev–Trinajstić information content (AvgIpc) is 4.02. The number of unbranched alkanes of at least 4 members (excludes halogenated alkanes) is 2. The first-order valence-corrected chi connectivity index (χ1v) is 24.6. The topological polar surface area (TPSA) is 274 Å². The summed E-state index contributed by atoms with van der Waals surface area (Å²) in [6, 6.07) is 6.92. The molecule has 6 amide bonds. The molecule has 386 valence electrons. The molecule has 4 heterocycles. The van der Waals surface area contributed by atoms with E-state index in [2.05, 4.69) is 46.6 Å². The first-order chi connectivity index (χ1) is 33.8. The van der Waals surface area contributed by atoms with Crippen LogP contribution in [0.1, 0.15) is 128 Å². The maximum absolute atomic E-state index is 13.3. The lowest BCUT2D eigenvalue weighted by Crippen LogP contribution is -2.45. The number of esters is 3. The summed E-state index contributed by atoms with van der Waals surface area (Å²) in [6.07, 6.45) is 5.98. The number of carbonyl (C=O) groups excluding carboxylic acids is 8. The molecule has 4 aliphatic rings. The summed E-state index contributed by atoms with van der Waals surface area (Å²) < 4.78 is 33.9. The molecule has 4 aliphatic heterocycles. The van der Waals surface area contributed by atoms with Gasteiger partial charge in [0.05, 0.1) is 44.4 Å². The van der Waals surface area contributed by atoms with Gasteiger partial charge in [0, 0.05) is 76.3 Å². The third kappa shape index (κ3) is 20.8. The van der Waals surface area contributed by atoms with Crippen molar-refractivity contribution >= 4 is 65.3 Å². The van der Waals surface area contributed by atoms with Crippen molar-refractivity contribution in [2.24, 2.45) is 5.41 Å². The van der Waals surface area contributed by atoms with Crippen LogP contribution in [0.3, 0.4) is 0 Å². The van der Waals surface area contributed by atoms with Crippen molar-refractivity contribution < 1.29 is 73.7 Å². The Kier molecular flexibility index (Phi) is 23.7. The highest BCUT2D eigenvalue weighted by molar-refractivity contribution is 8.00. The number of aliphatic hydroxyl groups excluding tert-OH is 1. The maximum atomic E-state index is 13.3. The van der Waals surface area contributed by atoms with Crippen LogP contribution in [0, 0.1) is 5.41 Å². The molecule has 5 rings (SSSR count). The summed E-state index contributed by atoms with van der Waals surface area (Å²) in [7, 11) is 1.29. The minimum absolute atomic E-state index is 0.00911. The third-order valence-electron chi connectivity index (χ3n) is 11.8. The van der Waals surface area contributed by atoms with Gasteiger partial charge in [-0.05, 0) is 68.1 Å². The van der Waals surface area contributed by atoms with E-state index < -0.39 is 29.3 Å². The van der Waals surface area contributed by atoms with E-state index in [0.29, 0.717) is 76.4 Å². The van der Waals surface area contributed by atoms with Crippen LogP contribution in [0.5, 0.6) is 0 Å². The number of carboxylic acids is 1. The molecule has 0 spiro atoms. The number of aliphatic hydroxyl groups is 1. The van der Waals surface area contributed by atoms with Gasteiger partial charge in [0.2, 0.25) is 19.2 Å². The van der Waals surface area contributed by atoms with Crippen molar-refractivity contribution in [2.75, 3.05) is 72.1 Å². The Morgan fingerprint density at radius 2 is 1.55 bits per heavy atom. The first-order valence-electron chi connectivity index (χ1n) is 24.7. The SMILES string of the molecule is O=C1CCC(=O)O1.[2H]CC1(COC(=O)CCC(=O)O)CCN(C(=O)COCC(=O)NCCCOCCCCNC(=O)CCCC[C@@H]2SC[C@H]3[C@@H]2NC(=O)N3C(=O)c2ccc(C(C)(C)C)cc2)CC1.[3H]OC. The number of fused-ring (bicyclic) bond motifs is 1. The molecule has 0 bridgehead atoms. The number of rotatable bonds is 24. The lowest BCUT2D eigenvalue weighted by Gasteiger charge is -2.38. The molecular weight excluding hydrogens is 919 g/mol. The highest BCUT2D eigenvalue weighted by Gasteiger charge is 2.50. The van der Waals surface area contributed by atoms with Crippen molar-refractivity contribution in [3.8, 4) is 0 Å². The highest BCUT2D eigenvalue weighted by Crippen LogP contribution is 2.38. The average molecular weight is 995 g/mol. The summed E-state index contributed by atoms with van der Waals surface area (Å²) >= 11 is 1.78. The quantitative estimate of drug-likeness (QED) is 0.0429. The summed E-state index contributed by atoms with van der Waals surface area (Å²) in [6.45, 7) is 8.55. The van der Waals surface area contributed by atoms with Gasteiger partial charge in [-0.1, -0.05) is 46.2 Å². The normalized spacial score (nSPS) is 19.6. The Morgan fingerprint density at radius 1 is 0.899 bits per heavy atom. The van der Waals surface area contributed by atoms with Crippen LogP contribution < -0.4 is 16.0 Å². The zero-order valence-electron chi connectivity index (χ0n) is 42.5. The first kappa shape index (κ1) is 54.8. The standard InChI is InChI=1S/C43H65N5O11S.C4H4O3.CH4O/c1-42(2,3)31-14-12-30(13-15-31)40(55)48-32-28-60-33(39(32)46-41(48)56)10-5-6-11-34(49)44-20-7-8-24-57-25-9-21-45-35(50)26-58-27-36(51)47-22-18-43(4,19-23-47)29-59-38(54)17-16-37(52)53;5-3-1-2-4(6)7-3;1-2/h12-15,32-33,39H,5-11,16-29H2,1-4H3,(H,44,49)(H,45,50)(H,46,56)(H,52,53);1-2H2;2H,1H3/t32-,33-,39-;;/m0../s1/i4D;;2T. The Hall–Kier alpha value is -5.12. The number of nitrogens with one attached hydrogen (secondary N) is 3. The number of aliphatic carboxylic acids is 1. The van der Waals surface area contributed by atoms with E-state index in [1.165, 1.54) is 12.0 Å². The second-order valence-electron chi connectivity index (χ2n) is 18.3. The van der Waals surface area contributed by atoms with E-state index in [1.54, 1.807) is 28.8 Å². The summed E-state index contributed by atoms with van der Waals surface area (Å²) in [5.74, 6) is -2.66. The van der Waals surface area contributed by atoms with Crippen LogP contribution in [0.2, 0.25) is 0 Å². The van der Waals surface area contributed by atoms with Crippen LogP contribution in [0.4, 0.5) is 4.79 Å². The van der Waals surface area contributed by atoms with Crippen LogP contribution >= 0.6 is 11.8 Å². The van der Waals surface area contributed by atoms with Crippen molar-refractivity contribution in [1.82, 2.24) is 25.8 Å². The second kappa shape index (κ2) is 29.8. The number of likely N-dealkylation sites (tertiary alicyclic amines) is 1. The third-order valence-corrected chi connectivity index (χ3v) is 13.3. The van der Waals surface area contributed by atoms with Gasteiger partial charge in [-0.25, -0.2) is 4.79 Å². The van der Waals surface area contributed by atoms with Crippen LogP contribution in [0.15, 0.2) is 24.3 Å². The van der Waals surface area contributed by atoms with Gasteiger partial charge in [0.1, 0.15) is 13.2 Å². The Morgan fingerprint density at radius 3 is 2.17 bits per heavy atom. The van der Waals surface area contributed by atoms with Gasteiger partial charge in [0.25, 0.3) is 5.91 Å². The minimum atomic E-state index is -1.09. The fraction of sp³-hybridized carbons (Fsp3) is 0.688. The molecule has 69 heavy (non-hydrogen) atoms. The summed E-state index contributed by atoms with van der Waals surface area (Å²) in [4.78, 5) is 109. The zero-order chi connectivity index (χ0) is 52.4. The van der Waals surface area contributed by atoms with Crippen molar-refractivity contribution in [3.05, 3.63) is 35.4 Å². The predicted molar refractivity (Wildman–Crippen MR) is 254 cm³/mol. The van der Waals surface area contributed by atoms with Crippen molar-refractivity contribution in [3.63, 3.8) is 0 Å². The monoisotopic (exact) mass is 994 g/mol. The number of ether oxygens (including phenoxy) is 4. The maximum Gasteiger partial charge on any atom is 0.325 e. The lowest BCUT2D eigenvalue weighted by atomic mass is 9.81. The molecule has 1 aromatic carbocycles. The van der Waals surface area contributed by atoms with Crippen molar-refractivity contribution in [1.29, 1.82) is 1.43 Å². The fourth-order valence-electron chi connectivity index (χ4n) is 7.70. The number of carbonyl (C=O) groups is 9. The summed E-state index contributed by atoms with van der Waals surface area (Å²) in [5.41, 5.74) is 1.03. The zero-order valence-corrected chi connectivity index (χ0v) is 41.3. The molecule has 4 saturated heterocycles. The number of amides is 6. The molecule has 3 atom stereocenters. The highest BCUT2D eigenvalue weighted by atomic mass is 32.2. The smallest absolute Gasteiger partial charge is 0.325 e. The van der Waals surface area contributed by atoms with E-state index in [4.69, 9.17) is 22.1 Å². The number of nitrogens with zero attached hydrogens (tertiary/aromatic N) is 2. The number of cyclic esters (lactones) is 2. The van der Waals surface area contributed by atoms with Gasteiger partial charge in [0.15, 0.2) is 0 Å². The van der Waals surface area contributed by atoms with Gasteiger partial charge in [-0.2, -0.15) is 11.8 Å². The van der Waals surface area contributed by atoms with Crippen LogP contribution in [-0.4, -0.2) is 164 Å². The van der Waals surface area contributed by atoms with E-state index in [9.17, 15) is 43.2 Å². The van der Waals surface area contributed by atoms with E-state index in [-0.39, 0.29) is 105 Å². The largest absolute Gasteiger partial charge is 0.481 e. The molecule has 5 N–H and O–H groups in total. The molecule has 0 aromatic heterocycles. The Labute approximate surface area is 411 Å². The molecule has 0 unspecified atom stereocenters. The van der Waals surface area contributed by atoms with Gasteiger partial charge < -0.3 is 50.0 Å². The second-order valence-corrected chi connectivity index (χ2v) is 19.6. The van der Waals surface area contributed by atoms with Crippen LogP contribution in [-0.2, 0) is 57.9 Å². The lowest BCUT2D eigenvalue weighted by molar-refractivity contribution is -0.152. The number of carboxylic acid groups (broad SMARTS) is 1. The van der Waals surface area contributed by atoms with E-state index >= 15 is 0 Å². The van der Waals surface area contributed by atoms with Gasteiger partial charge in [-0.15, -0.1) is 0 Å². The minimum Gasteiger partial charge on any atom is -0.481 e. The molecule has 0 aliphatic carbocycles. The number of hydrogen-bond donors (Lipinski definition) is 5. The number of benzene rings is 1. The molecule has 4 fully saturated rings. The van der Waals surface area contributed by atoms with Gasteiger partial charge >= 0.3 is 29.9 Å².